The Morgan fingerprint density at radius 2 is 1.80 bits per heavy atom. The van der Waals surface area contributed by atoms with Crippen LogP contribution in [0.15, 0.2) is 40.9 Å². The highest BCUT2D eigenvalue weighted by atomic mass is 79.9. The molecule has 0 saturated heterocycles. The van der Waals surface area contributed by atoms with Crippen LogP contribution in [0.25, 0.3) is 0 Å². The Kier molecular flexibility index (Phi) is 6.02. The number of hydrogen-bond acceptors (Lipinski definition) is 1. The minimum atomic E-state index is 0.630. The van der Waals surface area contributed by atoms with E-state index in [-0.39, 0.29) is 0 Å². The highest BCUT2D eigenvalue weighted by molar-refractivity contribution is 9.10. The lowest BCUT2D eigenvalue weighted by Crippen LogP contribution is -1.84. The highest BCUT2D eigenvalue weighted by Gasteiger charge is 1.95. The molecule has 15 heavy (non-hydrogen) atoms. The van der Waals surface area contributed by atoms with Crippen LogP contribution in [-0.4, -0.2) is 6.29 Å². The maximum absolute atomic E-state index is 10.1. The lowest BCUT2D eigenvalue weighted by Gasteiger charge is -2.00. The van der Waals surface area contributed by atoms with Crippen LogP contribution in [0.2, 0.25) is 0 Å². The van der Waals surface area contributed by atoms with E-state index in [2.05, 4.69) is 46.3 Å². The fourth-order valence-corrected chi connectivity index (χ4v) is 1.82. The van der Waals surface area contributed by atoms with Gasteiger partial charge in [-0.15, -0.1) is 0 Å². The monoisotopic (exact) mass is 266 g/mol. The van der Waals surface area contributed by atoms with Crippen LogP contribution in [0.3, 0.4) is 0 Å². The van der Waals surface area contributed by atoms with Crippen molar-refractivity contribution in [2.24, 2.45) is 0 Å². The minimum Gasteiger partial charge on any atom is -0.303 e. The van der Waals surface area contributed by atoms with Crippen molar-refractivity contribution in [1.29, 1.82) is 0 Å². The van der Waals surface area contributed by atoms with Crippen molar-refractivity contribution in [2.45, 2.75) is 25.7 Å². The number of carbonyl (C=O) groups excluding carboxylic acids is 1. The number of benzene rings is 1. The average molecular weight is 267 g/mol. The molecule has 0 aliphatic carbocycles. The quantitative estimate of drug-likeness (QED) is 0.434. The van der Waals surface area contributed by atoms with Crippen molar-refractivity contribution in [3.8, 4) is 0 Å². The molecule has 0 N–H and O–H groups in total. The summed E-state index contributed by atoms with van der Waals surface area (Å²) in [5.74, 6) is 0. The highest BCUT2D eigenvalue weighted by Crippen LogP contribution is 2.17. The van der Waals surface area contributed by atoms with E-state index < -0.39 is 0 Å². The van der Waals surface area contributed by atoms with Crippen LogP contribution in [0.5, 0.6) is 0 Å². The molecule has 0 amide bonds. The zero-order valence-corrected chi connectivity index (χ0v) is 10.2. The molecule has 0 bridgehead atoms. The summed E-state index contributed by atoms with van der Waals surface area (Å²) in [5.41, 5.74) is 1.33. The molecule has 0 heterocycles. The van der Waals surface area contributed by atoms with Crippen LogP contribution in [0.4, 0.5) is 0 Å². The Morgan fingerprint density at radius 3 is 2.53 bits per heavy atom. The second-order valence-corrected chi connectivity index (χ2v) is 4.20. The van der Waals surface area contributed by atoms with E-state index >= 15 is 0 Å². The molecule has 0 fully saturated rings. The predicted molar refractivity (Wildman–Crippen MR) is 66.9 cm³/mol. The third-order valence-electron chi connectivity index (χ3n) is 2.16. The van der Waals surface area contributed by atoms with Gasteiger partial charge in [-0.2, -0.15) is 0 Å². The summed E-state index contributed by atoms with van der Waals surface area (Å²) in [4.78, 5) is 10.1. The molecule has 1 rings (SSSR count). The minimum absolute atomic E-state index is 0.630. The van der Waals surface area contributed by atoms with Gasteiger partial charge in [0, 0.05) is 10.9 Å². The van der Waals surface area contributed by atoms with E-state index in [0.29, 0.717) is 6.42 Å². The van der Waals surface area contributed by atoms with Gasteiger partial charge in [0.15, 0.2) is 0 Å². The van der Waals surface area contributed by atoms with Crippen molar-refractivity contribution in [2.75, 3.05) is 0 Å². The fraction of sp³-hybridized carbons (Fsp3) is 0.308. The zero-order chi connectivity index (χ0) is 10.9. The molecule has 0 spiro atoms. The summed E-state index contributed by atoms with van der Waals surface area (Å²) >= 11 is 3.52. The van der Waals surface area contributed by atoms with E-state index in [4.69, 9.17) is 0 Å². The molecule has 0 saturated carbocycles. The van der Waals surface area contributed by atoms with Crippen molar-refractivity contribution in [3.63, 3.8) is 0 Å². The second-order valence-electron chi connectivity index (χ2n) is 3.35. The fourth-order valence-electron chi connectivity index (χ4n) is 1.34. The first kappa shape index (κ1) is 12.2. The lowest BCUT2D eigenvalue weighted by molar-refractivity contribution is -0.107. The Hall–Kier alpha value is -0.890. The van der Waals surface area contributed by atoms with Gasteiger partial charge in [-0.1, -0.05) is 46.3 Å². The van der Waals surface area contributed by atoms with Gasteiger partial charge in [0.25, 0.3) is 0 Å². The van der Waals surface area contributed by atoms with Gasteiger partial charge in [0.05, 0.1) is 0 Å². The summed E-state index contributed by atoms with van der Waals surface area (Å²) < 4.78 is 1.17. The second kappa shape index (κ2) is 7.41. The summed E-state index contributed by atoms with van der Waals surface area (Å²) in [6.07, 6.45) is 8.73. The maximum Gasteiger partial charge on any atom is 0.120 e. The van der Waals surface area contributed by atoms with Crippen LogP contribution in [-0.2, 0) is 11.2 Å². The summed E-state index contributed by atoms with van der Waals surface area (Å²) in [7, 11) is 0. The maximum atomic E-state index is 10.1. The number of aldehydes is 1. The molecule has 0 unspecified atom stereocenters. The molecule has 0 radical (unpaired) electrons. The molecular weight excluding hydrogens is 252 g/mol. The number of unbranched alkanes of at least 4 members (excludes halogenated alkanes) is 1. The lowest BCUT2D eigenvalue weighted by atomic mass is 10.1. The van der Waals surface area contributed by atoms with Gasteiger partial charge >= 0.3 is 0 Å². The van der Waals surface area contributed by atoms with Crippen LogP contribution in [0.1, 0.15) is 24.8 Å². The Labute approximate surface area is 99.3 Å². The van der Waals surface area contributed by atoms with Gasteiger partial charge in [-0.05, 0) is 30.9 Å². The van der Waals surface area contributed by atoms with Gasteiger partial charge in [0.2, 0.25) is 0 Å². The number of halogens is 1. The van der Waals surface area contributed by atoms with Crippen molar-refractivity contribution >= 4 is 22.2 Å². The number of hydrogen-bond donors (Lipinski definition) is 0. The van der Waals surface area contributed by atoms with E-state index in [1.807, 2.05) is 6.07 Å². The zero-order valence-electron chi connectivity index (χ0n) is 8.66. The Bertz CT molecular complexity index is 331. The summed E-state index contributed by atoms with van der Waals surface area (Å²) in [6, 6.07) is 8.26. The van der Waals surface area contributed by atoms with Gasteiger partial charge in [0.1, 0.15) is 6.29 Å². The molecule has 80 valence electrons. The SMILES string of the molecule is O=CCCC=CCCc1ccccc1Br. The third-order valence-corrected chi connectivity index (χ3v) is 2.93. The van der Waals surface area contributed by atoms with E-state index in [9.17, 15) is 4.79 Å². The Balaban J connectivity index is 2.28. The van der Waals surface area contributed by atoms with Gasteiger partial charge in [-0.3, -0.25) is 0 Å². The largest absolute Gasteiger partial charge is 0.303 e. The van der Waals surface area contributed by atoms with Crippen molar-refractivity contribution < 1.29 is 4.79 Å². The number of rotatable bonds is 6. The Morgan fingerprint density at radius 1 is 1.07 bits per heavy atom. The van der Waals surface area contributed by atoms with Crippen molar-refractivity contribution in [1.82, 2.24) is 0 Å². The molecule has 1 aromatic carbocycles. The standard InChI is InChI=1S/C13H15BrO/c14-13-10-6-5-9-12(13)8-4-2-1-3-7-11-15/h1-2,5-6,9-11H,3-4,7-8H2. The third kappa shape index (κ3) is 4.93. The average Bonchev–Trinajstić information content (AvgIpc) is 2.25. The number of aryl methyl sites for hydroxylation is 1. The normalized spacial score (nSPS) is 10.7. The van der Waals surface area contributed by atoms with E-state index in [1.54, 1.807) is 0 Å². The first-order valence-electron chi connectivity index (χ1n) is 5.16. The van der Waals surface area contributed by atoms with Crippen LogP contribution in [0, 0.1) is 0 Å². The van der Waals surface area contributed by atoms with Crippen LogP contribution >= 0.6 is 15.9 Å². The van der Waals surface area contributed by atoms with E-state index in [1.165, 1.54) is 10.0 Å². The number of allylic oxidation sites excluding steroid dienone is 2. The van der Waals surface area contributed by atoms with Crippen molar-refractivity contribution in [3.05, 3.63) is 46.5 Å². The van der Waals surface area contributed by atoms with Gasteiger partial charge < -0.3 is 4.79 Å². The molecule has 1 aromatic rings. The number of carbonyl (C=O) groups is 1. The van der Waals surface area contributed by atoms with Gasteiger partial charge in [-0.25, -0.2) is 0 Å². The first-order chi connectivity index (χ1) is 7.34. The molecular formula is C13H15BrO. The van der Waals surface area contributed by atoms with Crippen LogP contribution < -0.4 is 0 Å². The topological polar surface area (TPSA) is 17.1 Å². The summed E-state index contributed by atoms with van der Waals surface area (Å²) in [5, 5.41) is 0. The molecule has 1 nitrogen and oxygen atoms in total. The first-order valence-corrected chi connectivity index (χ1v) is 5.96. The predicted octanol–water partition coefficient (Wildman–Crippen LogP) is 3.92. The smallest absolute Gasteiger partial charge is 0.120 e. The molecule has 0 aliphatic rings. The molecule has 2 heteroatoms. The molecule has 0 atom stereocenters. The molecule has 0 aliphatic heterocycles. The summed E-state index contributed by atoms with van der Waals surface area (Å²) in [6.45, 7) is 0. The van der Waals surface area contributed by atoms with E-state index in [0.717, 1.165) is 25.5 Å². The molecule has 0 aromatic heterocycles.